The Bertz CT molecular complexity index is 484. The van der Waals surface area contributed by atoms with Crippen LogP contribution in [0.1, 0.15) is 16.8 Å². The minimum Gasteiger partial charge on any atom is -0.478 e. The number of benzene rings is 1. The maximum Gasteiger partial charge on any atom is 0.335 e. The number of nitrogens with one attached hydrogen (secondary N) is 2. The van der Waals surface area contributed by atoms with Crippen molar-refractivity contribution in [2.24, 2.45) is 5.92 Å². The molecular weight excluding hydrogens is 300 g/mol. The number of anilines is 1. The summed E-state index contributed by atoms with van der Waals surface area (Å²) in [4.78, 5) is 22.8. The van der Waals surface area contributed by atoms with E-state index in [9.17, 15) is 9.59 Å². The first-order valence-electron chi connectivity index (χ1n) is 5.62. The Labute approximate surface area is 113 Å². The van der Waals surface area contributed by atoms with E-state index in [2.05, 4.69) is 26.6 Å². The van der Waals surface area contributed by atoms with E-state index in [1.807, 2.05) is 0 Å². The first kappa shape index (κ1) is 13.0. The van der Waals surface area contributed by atoms with E-state index < -0.39 is 5.97 Å². The lowest BCUT2D eigenvalue weighted by Crippen LogP contribution is -2.24. The average Bonchev–Trinajstić information content (AvgIpc) is 2.85. The van der Waals surface area contributed by atoms with Gasteiger partial charge in [0.2, 0.25) is 5.91 Å². The van der Waals surface area contributed by atoms with E-state index in [1.54, 1.807) is 6.07 Å². The van der Waals surface area contributed by atoms with Gasteiger partial charge >= 0.3 is 5.97 Å². The van der Waals surface area contributed by atoms with Gasteiger partial charge in [0.05, 0.1) is 17.2 Å². The number of aromatic carboxylic acids is 1. The van der Waals surface area contributed by atoms with Crippen LogP contribution in [0.3, 0.4) is 0 Å². The number of carboxylic acids is 1. The molecule has 18 heavy (non-hydrogen) atoms. The van der Waals surface area contributed by atoms with Gasteiger partial charge in [-0.3, -0.25) is 4.79 Å². The predicted octanol–water partition coefficient (Wildman–Crippen LogP) is 1.70. The van der Waals surface area contributed by atoms with Crippen LogP contribution in [0.15, 0.2) is 22.7 Å². The summed E-state index contributed by atoms with van der Waals surface area (Å²) in [6.07, 6.45) is 0.808. The van der Waals surface area contributed by atoms with Crippen LogP contribution in [0.25, 0.3) is 0 Å². The molecule has 0 spiro atoms. The summed E-state index contributed by atoms with van der Waals surface area (Å²) >= 11 is 3.29. The molecule has 0 saturated carbocycles. The molecule has 0 aromatic heterocycles. The molecular formula is C12H13BrN2O3. The summed E-state index contributed by atoms with van der Waals surface area (Å²) in [6, 6.07) is 4.55. The molecule has 1 aliphatic rings. The smallest absolute Gasteiger partial charge is 0.335 e. The molecule has 0 bridgehead atoms. The Morgan fingerprint density at radius 1 is 1.44 bits per heavy atom. The lowest BCUT2D eigenvalue weighted by atomic mass is 10.1. The first-order chi connectivity index (χ1) is 8.58. The summed E-state index contributed by atoms with van der Waals surface area (Å²) in [5.41, 5.74) is 0.643. The maximum atomic E-state index is 11.9. The van der Waals surface area contributed by atoms with Gasteiger partial charge in [-0.05, 0) is 47.1 Å². The highest BCUT2D eigenvalue weighted by Crippen LogP contribution is 2.24. The highest BCUT2D eigenvalue weighted by atomic mass is 79.9. The summed E-state index contributed by atoms with van der Waals surface area (Å²) in [5.74, 6) is -1.14. The second-order valence-corrected chi connectivity index (χ2v) is 5.03. The fourth-order valence-electron chi connectivity index (χ4n) is 1.87. The topological polar surface area (TPSA) is 78.4 Å². The van der Waals surface area contributed by atoms with Gasteiger partial charge in [-0.1, -0.05) is 0 Å². The Morgan fingerprint density at radius 2 is 2.22 bits per heavy atom. The van der Waals surface area contributed by atoms with Crippen molar-refractivity contribution in [2.75, 3.05) is 18.4 Å². The highest BCUT2D eigenvalue weighted by Gasteiger charge is 2.23. The van der Waals surface area contributed by atoms with Crippen LogP contribution in [0.4, 0.5) is 5.69 Å². The summed E-state index contributed by atoms with van der Waals surface area (Å²) in [6.45, 7) is 1.51. The van der Waals surface area contributed by atoms with E-state index in [0.29, 0.717) is 16.7 Å². The Hall–Kier alpha value is -1.40. The number of carboxylic acid groups (broad SMARTS) is 1. The first-order valence-corrected chi connectivity index (χ1v) is 6.41. The molecule has 1 aromatic carbocycles. The van der Waals surface area contributed by atoms with Crippen LogP contribution in [-0.4, -0.2) is 30.1 Å². The van der Waals surface area contributed by atoms with Crippen molar-refractivity contribution in [1.82, 2.24) is 5.32 Å². The molecule has 1 amide bonds. The number of carbonyl (C=O) groups is 2. The van der Waals surface area contributed by atoms with E-state index in [4.69, 9.17) is 5.11 Å². The van der Waals surface area contributed by atoms with Crippen molar-refractivity contribution in [3.05, 3.63) is 28.2 Å². The monoisotopic (exact) mass is 312 g/mol. The van der Waals surface area contributed by atoms with Crippen LogP contribution in [-0.2, 0) is 4.79 Å². The molecule has 1 aliphatic heterocycles. The predicted molar refractivity (Wildman–Crippen MR) is 70.7 cm³/mol. The van der Waals surface area contributed by atoms with Gasteiger partial charge in [-0.15, -0.1) is 0 Å². The van der Waals surface area contributed by atoms with Crippen LogP contribution in [0.5, 0.6) is 0 Å². The van der Waals surface area contributed by atoms with E-state index in [-0.39, 0.29) is 17.4 Å². The third kappa shape index (κ3) is 2.88. The van der Waals surface area contributed by atoms with Crippen LogP contribution < -0.4 is 10.6 Å². The standard InChI is InChI=1S/C12H13BrN2O3/c13-9-2-1-7(12(17)18)5-10(9)15-11(16)8-3-4-14-6-8/h1-2,5,8,14H,3-4,6H2,(H,15,16)(H,17,18). The van der Waals surface area contributed by atoms with Crippen LogP contribution in [0, 0.1) is 5.92 Å². The van der Waals surface area contributed by atoms with Crippen molar-refractivity contribution >= 4 is 33.5 Å². The van der Waals surface area contributed by atoms with Crippen LogP contribution >= 0.6 is 15.9 Å². The third-order valence-corrected chi connectivity index (χ3v) is 3.59. The molecule has 0 radical (unpaired) electrons. The molecule has 1 aromatic rings. The molecule has 1 saturated heterocycles. The van der Waals surface area contributed by atoms with Crippen molar-refractivity contribution in [3.63, 3.8) is 0 Å². The Morgan fingerprint density at radius 3 is 2.83 bits per heavy atom. The quantitative estimate of drug-likeness (QED) is 0.793. The van der Waals surface area contributed by atoms with Gasteiger partial charge in [0.15, 0.2) is 0 Å². The van der Waals surface area contributed by atoms with Gasteiger partial charge in [0.25, 0.3) is 0 Å². The number of rotatable bonds is 3. The minimum absolute atomic E-state index is 0.0506. The van der Waals surface area contributed by atoms with E-state index in [0.717, 1.165) is 13.0 Å². The number of halogens is 1. The summed E-state index contributed by atoms with van der Waals surface area (Å²) < 4.78 is 0.673. The second kappa shape index (κ2) is 5.49. The molecule has 5 nitrogen and oxygen atoms in total. The van der Waals surface area contributed by atoms with Gasteiger partial charge in [0, 0.05) is 11.0 Å². The summed E-state index contributed by atoms with van der Waals surface area (Å²) in [7, 11) is 0. The van der Waals surface area contributed by atoms with E-state index in [1.165, 1.54) is 12.1 Å². The molecule has 1 fully saturated rings. The SMILES string of the molecule is O=C(O)c1ccc(Br)c(NC(=O)C2CCNC2)c1. The zero-order valence-corrected chi connectivity index (χ0v) is 11.2. The molecule has 96 valence electrons. The molecule has 6 heteroatoms. The van der Waals surface area contributed by atoms with Gasteiger partial charge in [0.1, 0.15) is 0 Å². The van der Waals surface area contributed by atoms with Crippen molar-refractivity contribution in [3.8, 4) is 0 Å². The zero-order chi connectivity index (χ0) is 13.1. The summed E-state index contributed by atoms with van der Waals surface area (Å²) in [5, 5.41) is 14.8. The lowest BCUT2D eigenvalue weighted by Gasteiger charge is -2.11. The molecule has 0 aliphatic carbocycles. The fraction of sp³-hybridized carbons (Fsp3) is 0.333. The normalized spacial score (nSPS) is 18.6. The molecule has 1 unspecified atom stereocenters. The zero-order valence-electron chi connectivity index (χ0n) is 9.57. The van der Waals surface area contributed by atoms with Gasteiger partial charge in [-0.25, -0.2) is 4.79 Å². The van der Waals surface area contributed by atoms with Crippen molar-refractivity contribution in [2.45, 2.75) is 6.42 Å². The number of hydrogen-bond acceptors (Lipinski definition) is 3. The van der Waals surface area contributed by atoms with E-state index >= 15 is 0 Å². The highest BCUT2D eigenvalue weighted by molar-refractivity contribution is 9.10. The maximum absolute atomic E-state index is 11.9. The number of carbonyl (C=O) groups excluding carboxylic acids is 1. The molecule has 3 N–H and O–H groups in total. The van der Waals surface area contributed by atoms with Gasteiger partial charge < -0.3 is 15.7 Å². The number of hydrogen-bond donors (Lipinski definition) is 3. The largest absolute Gasteiger partial charge is 0.478 e. The Kier molecular flexibility index (Phi) is 3.98. The number of amides is 1. The van der Waals surface area contributed by atoms with Crippen LogP contribution in [0.2, 0.25) is 0 Å². The third-order valence-electron chi connectivity index (χ3n) is 2.90. The van der Waals surface area contributed by atoms with Gasteiger partial charge in [-0.2, -0.15) is 0 Å². The van der Waals surface area contributed by atoms with Crippen molar-refractivity contribution in [1.29, 1.82) is 0 Å². The Balaban J connectivity index is 2.14. The average molecular weight is 313 g/mol. The minimum atomic E-state index is -1.01. The fourth-order valence-corrected chi connectivity index (χ4v) is 2.21. The molecule has 1 atom stereocenters. The molecule has 2 rings (SSSR count). The lowest BCUT2D eigenvalue weighted by molar-refractivity contribution is -0.119. The second-order valence-electron chi connectivity index (χ2n) is 4.18. The van der Waals surface area contributed by atoms with Crippen molar-refractivity contribution < 1.29 is 14.7 Å². The molecule has 1 heterocycles.